The van der Waals surface area contributed by atoms with Gasteiger partial charge in [0.05, 0.1) is 6.04 Å². The summed E-state index contributed by atoms with van der Waals surface area (Å²) in [5.41, 5.74) is 5.74. The van der Waals surface area contributed by atoms with Crippen LogP contribution in [0.3, 0.4) is 0 Å². The lowest BCUT2D eigenvalue weighted by atomic mass is 10.2. The molecule has 0 radical (unpaired) electrons. The van der Waals surface area contributed by atoms with Crippen molar-refractivity contribution in [3.63, 3.8) is 0 Å². The van der Waals surface area contributed by atoms with E-state index in [0.717, 1.165) is 18.7 Å². The highest BCUT2D eigenvalue weighted by molar-refractivity contribution is 5.23. The molecule has 1 aromatic heterocycles. The van der Waals surface area contributed by atoms with Gasteiger partial charge in [-0.2, -0.15) is 0 Å². The predicted octanol–water partition coefficient (Wildman–Crippen LogP) is 0.899. The molecule has 1 heterocycles. The molecule has 70 valence electrons. The molecule has 3 heteroatoms. The molecular weight excluding hydrogens is 162 g/mol. The molecule has 0 saturated carbocycles. The number of aromatic nitrogens is 2. The number of aryl methyl sites for hydroxylation is 1. The smallest absolute Gasteiger partial charge is 0.185 e. The third-order valence-corrected chi connectivity index (χ3v) is 1.79. The number of nitrogens with zero attached hydrogens (tertiary/aromatic N) is 2. The van der Waals surface area contributed by atoms with E-state index in [1.807, 2.05) is 17.8 Å². The van der Waals surface area contributed by atoms with Crippen molar-refractivity contribution in [1.29, 1.82) is 0 Å². The Hall–Kier alpha value is -1.27. The standard InChI is InChI=1S/C10H15N3/c1-3-4-9(11)5-6-10-12-7-8-13(10)2/h7-9H,3-4,11H2,1-2H3. The van der Waals surface area contributed by atoms with Crippen LogP contribution in [0.25, 0.3) is 0 Å². The van der Waals surface area contributed by atoms with E-state index >= 15 is 0 Å². The second-order valence-electron chi connectivity index (χ2n) is 3.03. The van der Waals surface area contributed by atoms with Gasteiger partial charge >= 0.3 is 0 Å². The van der Waals surface area contributed by atoms with Crippen LogP contribution in [-0.2, 0) is 7.05 Å². The molecule has 3 nitrogen and oxygen atoms in total. The summed E-state index contributed by atoms with van der Waals surface area (Å²) in [4.78, 5) is 4.08. The summed E-state index contributed by atoms with van der Waals surface area (Å²) in [6, 6.07) is -0.0262. The zero-order valence-corrected chi connectivity index (χ0v) is 8.12. The molecule has 13 heavy (non-hydrogen) atoms. The van der Waals surface area contributed by atoms with E-state index < -0.39 is 0 Å². The van der Waals surface area contributed by atoms with Crippen molar-refractivity contribution in [1.82, 2.24) is 9.55 Å². The van der Waals surface area contributed by atoms with Gasteiger partial charge in [-0.1, -0.05) is 19.3 Å². The summed E-state index contributed by atoms with van der Waals surface area (Å²) in [5, 5.41) is 0. The zero-order chi connectivity index (χ0) is 9.68. The number of hydrogen-bond donors (Lipinski definition) is 1. The van der Waals surface area contributed by atoms with Gasteiger partial charge in [0.2, 0.25) is 0 Å². The zero-order valence-electron chi connectivity index (χ0n) is 8.12. The summed E-state index contributed by atoms with van der Waals surface area (Å²) >= 11 is 0. The van der Waals surface area contributed by atoms with Gasteiger partial charge in [0.25, 0.3) is 0 Å². The second-order valence-corrected chi connectivity index (χ2v) is 3.03. The van der Waals surface area contributed by atoms with Crippen molar-refractivity contribution < 1.29 is 0 Å². The van der Waals surface area contributed by atoms with Crippen LogP contribution in [0.15, 0.2) is 12.4 Å². The number of rotatable bonds is 2. The highest BCUT2D eigenvalue weighted by Crippen LogP contribution is 1.93. The number of imidazole rings is 1. The predicted molar refractivity (Wildman–Crippen MR) is 53.0 cm³/mol. The lowest BCUT2D eigenvalue weighted by Crippen LogP contribution is -2.16. The molecule has 1 aromatic rings. The maximum absolute atomic E-state index is 5.74. The van der Waals surface area contributed by atoms with Crippen LogP contribution >= 0.6 is 0 Å². The number of nitrogens with two attached hydrogens (primary N) is 1. The van der Waals surface area contributed by atoms with Crippen molar-refractivity contribution in [2.24, 2.45) is 12.8 Å². The van der Waals surface area contributed by atoms with E-state index in [4.69, 9.17) is 5.73 Å². The third-order valence-electron chi connectivity index (χ3n) is 1.79. The average molecular weight is 177 g/mol. The molecule has 0 spiro atoms. The van der Waals surface area contributed by atoms with Crippen LogP contribution < -0.4 is 5.73 Å². The Morgan fingerprint density at radius 2 is 2.46 bits per heavy atom. The first-order valence-electron chi connectivity index (χ1n) is 4.48. The lowest BCUT2D eigenvalue weighted by Gasteiger charge is -1.98. The third kappa shape index (κ3) is 2.92. The fourth-order valence-electron chi connectivity index (χ4n) is 1.03. The largest absolute Gasteiger partial charge is 0.327 e. The molecule has 0 bridgehead atoms. The van der Waals surface area contributed by atoms with Crippen LogP contribution in [0.4, 0.5) is 0 Å². The highest BCUT2D eigenvalue weighted by atomic mass is 15.0. The molecule has 1 atom stereocenters. The Kier molecular flexibility index (Phi) is 3.53. The van der Waals surface area contributed by atoms with Crippen molar-refractivity contribution in [2.45, 2.75) is 25.8 Å². The minimum absolute atomic E-state index is 0.0262. The van der Waals surface area contributed by atoms with Crippen molar-refractivity contribution in [2.75, 3.05) is 0 Å². The Balaban J connectivity index is 2.62. The molecule has 0 saturated heterocycles. The van der Waals surface area contributed by atoms with E-state index in [-0.39, 0.29) is 6.04 Å². The van der Waals surface area contributed by atoms with E-state index in [1.54, 1.807) is 6.20 Å². The molecule has 1 rings (SSSR count). The molecule has 0 aliphatic heterocycles. The Morgan fingerprint density at radius 3 is 3.00 bits per heavy atom. The van der Waals surface area contributed by atoms with Crippen LogP contribution in [0.2, 0.25) is 0 Å². The normalized spacial score (nSPS) is 11.9. The van der Waals surface area contributed by atoms with E-state index in [0.29, 0.717) is 0 Å². The molecule has 1 unspecified atom stereocenters. The van der Waals surface area contributed by atoms with E-state index in [1.165, 1.54) is 0 Å². The van der Waals surface area contributed by atoms with E-state index in [9.17, 15) is 0 Å². The second kappa shape index (κ2) is 4.68. The Morgan fingerprint density at radius 1 is 1.69 bits per heavy atom. The van der Waals surface area contributed by atoms with Crippen LogP contribution in [0.1, 0.15) is 25.6 Å². The molecule has 0 fully saturated rings. The van der Waals surface area contributed by atoms with Crippen LogP contribution in [0.5, 0.6) is 0 Å². The topological polar surface area (TPSA) is 43.8 Å². The summed E-state index contributed by atoms with van der Waals surface area (Å²) in [6.07, 6.45) is 5.61. The van der Waals surface area contributed by atoms with Gasteiger partial charge < -0.3 is 10.3 Å². The fraction of sp³-hybridized carbons (Fsp3) is 0.500. The molecule has 2 N–H and O–H groups in total. The maximum atomic E-state index is 5.74. The SMILES string of the molecule is CCCC(N)C#Cc1nccn1C. The highest BCUT2D eigenvalue weighted by Gasteiger charge is 1.95. The van der Waals surface area contributed by atoms with Gasteiger partial charge in [-0.15, -0.1) is 0 Å². The molecule has 0 aliphatic rings. The van der Waals surface area contributed by atoms with Crippen molar-refractivity contribution in [3.05, 3.63) is 18.2 Å². The maximum Gasteiger partial charge on any atom is 0.185 e. The van der Waals surface area contributed by atoms with Crippen LogP contribution in [-0.4, -0.2) is 15.6 Å². The van der Waals surface area contributed by atoms with Gasteiger partial charge in [0.1, 0.15) is 0 Å². The molecular formula is C10H15N3. The quantitative estimate of drug-likeness (QED) is 0.682. The lowest BCUT2D eigenvalue weighted by molar-refractivity contribution is 0.720. The fourth-order valence-corrected chi connectivity index (χ4v) is 1.03. The van der Waals surface area contributed by atoms with E-state index in [2.05, 4.69) is 23.7 Å². The minimum atomic E-state index is -0.0262. The minimum Gasteiger partial charge on any atom is -0.327 e. The molecule has 0 amide bonds. The summed E-state index contributed by atoms with van der Waals surface area (Å²) < 4.78 is 1.88. The van der Waals surface area contributed by atoms with Gasteiger partial charge in [-0.25, -0.2) is 4.98 Å². The Bertz CT molecular complexity index is 316. The van der Waals surface area contributed by atoms with Crippen LogP contribution in [0, 0.1) is 11.8 Å². The summed E-state index contributed by atoms with van der Waals surface area (Å²) in [7, 11) is 1.92. The summed E-state index contributed by atoms with van der Waals surface area (Å²) in [5.74, 6) is 6.70. The monoisotopic (exact) mass is 177 g/mol. The first-order valence-corrected chi connectivity index (χ1v) is 4.48. The van der Waals surface area contributed by atoms with Gasteiger partial charge in [0.15, 0.2) is 5.82 Å². The molecule has 0 aromatic carbocycles. The van der Waals surface area contributed by atoms with Gasteiger partial charge in [-0.05, 0) is 12.3 Å². The van der Waals surface area contributed by atoms with Gasteiger partial charge in [-0.3, -0.25) is 0 Å². The van der Waals surface area contributed by atoms with Crippen molar-refractivity contribution >= 4 is 0 Å². The van der Waals surface area contributed by atoms with Crippen molar-refractivity contribution in [3.8, 4) is 11.8 Å². The first kappa shape index (κ1) is 9.82. The van der Waals surface area contributed by atoms with Gasteiger partial charge in [0, 0.05) is 19.4 Å². The number of hydrogen-bond acceptors (Lipinski definition) is 2. The average Bonchev–Trinajstić information content (AvgIpc) is 2.48. The first-order chi connectivity index (χ1) is 6.24. The molecule has 0 aliphatic carbocycles. The summed E-state index contributed by atoms with van der Waals surface area (Å²) in [6.45, 7) is 2.10. The Labute approximate surface area is 79.0 Å².